The predicted octanol–water partition coefficient (Wildman–Crippen LogP) is 4.49. The first kappa shape index (κ1) is 22.4. The minimum Gasteiger partial charge on any atom is -0.370 e. The Morgan fingerprint density at radius 1 is 1.00 bits per heavy atom. The highest BCUT2D eigenvalue weighted by atomic mass is 15.3. The van der Waals surface area contributed by atoms with E-state index in [0.717, 1.165) is 57.2 Å². The first-order valence-corrected chi connectivity index (χ1v) is 13.0. The SMILES string of the molecule is CN1CCN(c2cc(CCCNc3cc4cc(C5=CC6CC6(C)N5C)ccc4cn3)ccn2)CC1. The van der Waals surface area contributed by atoms with Crippen LogP contribution in [0.2, 0.25) is 0 Å². The Labute approximate surface area is 208 Å². The Kier molecular flexibility index (Phi) is 5.64. The van der Waals surface area contributed by atoms with E-state index in [9.17, 15) is 0 Å². The summed E-state index contributed by atoms with van der Waals surface area (Å²) in [6.07, 6.45) is 9.78. The van der Waals surface area contributed by atoms with Crippen LogP contribution in [0.15, 0.2) is 54.9 Å². The summed E-state index contributed by atoms with van der Waals surface area (Å²) in [6, 6.07) is 13.3. The standard InChI is InChI=1S/C29H36N6/c1-29-19-25(29)18-26(34(29)3)22-6-7-23-20-32-27(17-24(23)16-22)30-9-4-5-21-8-10-31-28(15-21)35-13-11-33(2)12-14-35/h6-8,10,15-18,20,25H,4-5,9,11-14,19H2,1-3H3,(H,30,32). The predicted molar refractivity (Wildman–Crippen MR) is 145 cm³/mol. The van der Waals surface area contributed by atoms with E-state index in [4.69, 9.17) is 0 Å². The Morgan fingerprint density at radius 2 is 1.86 bits per heavy atom. The lowest BCUT2D eigenvalue weighted by molar-refractivity contribution is 0.312. The smallest absolute Gasteiger partial charge is 0.128 e. The highest BCUT2D eigenvalue weighted by Gasteiger charge is 2.56. The van der Waals surface area contributed by atoms with Crippen LogP contribution in [0.3, 0.4) is 0 Å². The van der Waals surface area contributed by atoms with Gasteiger partial charge in [-0.25, -0.2) is 9.97 Å². The molecule has 0 bridgehead atoms. The molecule has 2 aromatic heterocycles. The first-order valence-electron chi connectivity index (χ1n) is 13.0. The minimum absolute atomic E-state index is 0.343. The summed E-state index contributed by atoms with van der Waals surface area (Å²) in [5, 5.41) is 5.97. The average molecular weight is 469 g/mol. The van der Waals surface area contributed by atoms with E-state index in [1.807, 2.05) is 12.4 Å². The number of hydrogen-bond acceptors (Lipinski definition) is 6. The second-order valence-electron chi connectivity index (χ2n) is 10.8. The first-order chi connectivity index (χ1) is 17.0. The zero-order valence-corrected chi connectivity index (χ0v) is 21.2. The van der Waals surface area contributed by atoms with Crippen LogP contribution in [0.4, 0.5) is 11.6 Å². The molecule has 6 rings (SSSR count). The van der Waals surface area contributed by atoms with Crippen LogP contribution in [-0.2, 0) is 6.42 Å². The van der Waals surface area contributed by atoms with Crippen LogP contribution in [0.25, 0.3) is 16.5 Å². The summed E-state index contributed by atoms with van der Waals surface area (Å²) < 4.78 is 0. The molecule has 6 nitrogen and oxygen atoms in total. The molecule has 1 saturated heterocycles. The van der Waals surface area contributed by atoms with Gasteiger partial charge in [0.15, 0.2) is 0 Å². The van der Waals surface area contributed by atoms with E-state index in [2.05, 4.69) is 93.5 Å². The molecular weight excluding hydrogens is 432 g/mol. The molecule has 3 aliphatic rings. The van der Waals surface area contributed by atoms with E-state index >= 15 is 0 Å². The Morgan fingerprint density at radius 3 is 2.66 bits per heavy atom. The molecule has 35 heavy (non-hydrogen) atoms. The molecule has 1 saturated carbocycles. The maximum atomic E-state index is 4.65. The van der Waals surface area contributed by atoms with Crippen LogP contribution in [-0.4, -0.2) is 72.1 Å². The fourth-order valence-corrected chi connectivity index (χ4v) is 5.61. The highest BCUT2D eigenvalue weighted by Crippen LogP contribution is 2.57. The van der Waals surface area contributed by atoms with Crippen molar-refractivity contribution in [2.24, 2.45) is 5.92 Å². The lowest BCUT2D eigenvalue weighted by atomic mass is 10.1. The van der Waals surface area contributed by atoms with E-state index < -0.39 is 0 Å². The van der Waals surface area contributed by atoms with Gasteiger partial charge in [0.25, 0.3) is 0 Å². The molecule has 0 spiro atoms. The fourth-order valence-electron chi connectivity index (χ4n) is 5.61. The largest absolute Gasteiger partial charge is 0.370 e. The monoisotopic (exact) mass is 468 g/mol. The number of likely N-dealkylation sites (N-methyl/N-ethyl adjacent to an activating group) is 1. The van der Waals surface area contributed by atoms with E-state index in [1.165, 1.54) is 34.0 Å². The van der Waals surface area contributed by atoms with Crippen molar-refractivity contribution in [2.75, 3.05) is 57.0 Å². The Bertz CT molecular complexity index is 1260. The summed E-state index contributed by atoms with van der Waals surface area (Å²) in [5.41, 5.74) is 4.37. The molecule has 2 fully saturated rings. The number of aromatic nitrogens is 2. The Balaban J connectivity index is 1.06. The van der Waals surface area contributed by atoms with Crippen LogP contribution in [0.5, 0.6) is 0 Å². The van der Waals surface area contributed by atoms with Gasteiger partial charge < -0.3 is 20.0 Å². The topological polar surface area (TPSA) is 47.5 Å². The van der Waals surface area contributed by atoms with Gasteiger partial charge in [-0.15, -0.1) is 0 Å². The number of nitrogens with one attached hydrogen (secondary N) is 1. The summed E-state index contributed by atoms with van der Waals surface area (Å²) >= 11 is 0. The average Bonchev–Trinajstić information content (AvgIpc) is 3.48. The third-order valence-corrected chi connectivity index (χ3v) is 8.36. The van der Waals surface area contributed by atoms with Gasteiger partial charge in [-0.1, -0.05) is 18.2 Å². The number of anilines is 2. The molecule has 4 heterocycles. The third-order valence-electron chi connectivity index (χ3n) is 8.36. The van der Waals surface area contributed by atoms with Crippen molar-refractivity contribution in [3.63, 3.8) is 0 Å². The lowest BCUT2D eigenvalue weighted by Crippen LogP contribution is -2.44. The summed E-state index contributed by atoms with van der Waals surface area (Å²) in [7, 11) is 4.42. The maximum Gasteiger partial charge on any atom is 0.128 e. The van der Waals surface area contributed by atoms with Crippen LogP contribution >= 0.6 is 0 Å². The van der Waals surface area contributed by atoms with E-state index in [-0.39, 0.29) is 0 Å². The van der Waals surface area contributed by atoms with Gasteiger partial charge in [0.2, 0.25) is 0 Å². The lowest BCUT2D eigenvalue weighted by Gasteiger charge is -2.33. The minimum atomic E-state index is 0.343. The van der Waals surface area contributed by atoms with Crippen molar-refractivity contribution in [1.82, 2.24) is 19.8 Å². The van der Waals surface area contributed by atoms with Crippen molar-refractivity contribution in [3.8, 4) is 0 Å². The molecule has 1 aliphatic carbocycles. The van der Waals surface area contributed by atoms with Gasteiger partial charge in [0.1, 0.15) is 11.6 Å². The normalized spacial score (nSPS) is 24.0. The highest BCUT2D eigenvalue weighted by molar-refractivity contribution is 5.88. The van der Waals surface area contributed by atoms with Crippen LogP contribution in [0.1, 0.15) is 30.9 Å². The van der Waals surface area contributed by atoms with E-state index in [1.54, 1.807) is 0 Å². The summed E-state index contributed by atoms with van der Waals surface area (Å²) in [6.45, 7) is 7.58. The number of nitrogens with zero attached hydrogens (tertiary/aromatic N) is 5. The molecular formula is C29H36N6. The quantitative estimate of drug-likeness (QED) is 0.516. The second kappa shape index (κ2) is 8.83. The molecule has 2 atom stereocenters. The molecule has 1 N–H and O–H groups in total. The van der Waals surface area contributed by atoms with Gasteiger partial charge in [-0.05, 0) is 74.0 Å². The number of pyridine rings is 2. The number of fused-ring (bicyclic) bond motifs is 2. The summed E-state index contributed by atoms with van der Waals surface area (Å²) in [5.74, 6) is 2.78. The number of rotatable bonds is 7. The van der Waals surface area contributed by atoms with Crippen molar-refractivity contribution in [3.05, 3.63) is 66.0 Å². The van der Waals surface area contributed by atoms with Crippen LogP contribution in [0, 0.1) is 5.92 Å². The van der Waals surface area contributed by atoms with Crippen molar-refractivity contribution >= 4 is 28.1 Å². The molecule has 3 aromatic rings. The zero-order valence-electron chi connectivity index (χ0n) is 21.2. The summed E-state index contributed by atoms with van der Waals surface area (Å²) in [4.78, 5) is 16.5. The van der Waals surface area contributed by atoms with Gasteiger partial charge in [0.05, 0.1) is 0 Å². The molecule has 182 valence electrons. The molecule has 0 radical (unpaired) electrons. The number of benzene rings is 1. The number of hydrogen-bond donors (Lipinski definition) is 1. The fraction of sp³-hybridized carbons (Fsp3) is 0.448. The molecule has 0 amide bonds. The molecule has 2 unspecified atom stereocenters. The van der Waals surface area contributed by atoms with E-state index in [0.29, 0.717) is 11.5 Å². The van der Waals surface area contributed by atoms with Gasteiger partial charge in [0, 0.05) is 74.7 Å². The molecule has 1 aromatic carbocycles. The second-order valence-corrected chi connectivity index (χ2v) is 10.8. The van der Waals surface area contributed by atoms with Crippen molar-refractivity contribution < 1.29 is 0 Å². The van der Waals surface area contributed by atoms with Gasteiger partial charge >= 0.3 is 0 Å². The Hall–Kier alpha value is -3.12. The van der Waals surface area contributed by atoms with Crippen LogP contribution < -0.4 is 10.2 Å². The van der Waals surface area contributed by atoms with Gasteiger partial charge in [-0.2, -0.15) is 0 Å². The maximum absolute atomic E-state index is 4.65. The molecule has 6 heteroatoms. The zero-order chi connectivity index (χ0) is 24.0. The van der Waals surface area contributed by atoms with Crippen molar-refractivity contribution in [1.29, 1.82) is 0 Å². The van der Waals surface area contributed by atoms with Crippen molar-refractivity contribution in [2.45, 2.75) is 31.7 Å². The number of aryl methyl sites for hydroxylation is 1. The number of piperazine rings is 1. The molecule has 2 aliphatic heterocycles. The van der Waals surface area contributed by atoms with Gasteiger partial charge in [-0.3, -0.25) is 0 Å². The third kappa shape index (κ3) is 4.36.